The fraction of sp³-hybridized carbons (Fsp3) is 0.517. The molecule has 3 N–H and O–H groups in total. The van der Waals surface area contributed by atoms with Crippen LogP contribution in [0.25, 0.3) is 33.3 Å². The third kappa shape index (κ3) is 11.4. The molecular weight excluding hydrogens is 975 g/mol. The molecule has 3 saturated heterocycles. The third-order valence-electron chi connectivity index (χ3n) is 16.3. The number of hydrogen-bond donors (Lipinski definition) is 3. The number of benzene rings is 3. The number of likely N-dealkylation sites (tertiary alicyclic amines) is 1. The number of aromatic hydroxyl groups is 1. The molecular formula is C60H76N7O8Si. The molecule has 0 spiro atoms. The fourth-order valence-corrected chi connectivity index (χ4v) is 12.3. The van der Waals surface area contributed by atoms with Crippen molar-refractivity contribution in [3.05, 3.63) is 107 Å². The maximum atomic E-state index is 14.9. The van der Waals surface area contributed by atoms with Crippen molar-refractivity contribution in [2.24, 2.45) is 11.3 Å². The van der Waals surface area contributed by atoms with E-state index in [9.17, 15) is 24.3 Å². The number of esters is 1. The van der Waals surface area contributed by atoms with Gasteiger partial charge in [0.15, 0.2) is 0 Å². The number of cyclic esters (lactones) is 1. The second-order valence-corrected chi connectivity index (χ2v) is 23.9. The number of piperidine rings is 1. The lowest BCUT2D eigenvalue weighted by Crippen LogP contribution is -2.62. The maximum Gasteiger partial charge on any atom is 0.324 e. The first-order valence-corrected chi connectivity index (χ1v) is 27.7. The van der Waals surface area contributed by atoms with Gasteiger partial charge in [-0.25, -0.2) is 5.43 Å². The Bertz CT molecular complexity index is 2950. The quantitative estimate of drug-likeness (QED) is 0.0881. The number of methoxy groups -OCH3 is 1. The molecule has 0 aliphatic carbocycles. The van der Waals surface area contributed by atoms with Gasteiger partial charge < -0.3 is 39.0 Å². The lowest BCUT2D eigenvalue weighted by atomic mass is 9.83. The molecule has 0 unspecified atom stereocenters. The number of carbonyl (C=O) groups is 4. The molecule has 403 valence electrons. The largest absolute Gasteiger partial charge is 0.508 e. The number of hydrazine groups is 1. The minimum atomic E-state index is -1.16. The summed E-state index contributed by atoms with van der Waals surface area (Å²) in [6.45, 7) is 15.5. The number of carbonyl (C=O) groups excluding carboxylic acids is 4. The standard InChI is InChI=1S/C60H76N7O8Si/c1-10-66-50-19-18-40-31-45(50)47(52(66)46-32-42(38-20-24-64(7)25-21-38)34-61-54(46)60(6,76)73-9)33-59(4,5)35-75-58(72)48-17-14-23-67(63-48)56(70)49(29-37-27-41(40)30-43(68)28-37)62-55(69)51(36(2)3)65(8)57(71)53-44(22-26-74-53)39-15-12-11-13-16-39/h11-13,15-16,18-19,27-28,30-32,34,36,38,44,48-49,51,53,63,68H,10,14,17,20-26,29,33,35H2,1-9H3,(H,62,69)/t44-,48+,49+,51+,53-,60-/m1/s1. The van der Waals surface area contributed by atoms with Crippen LogP contribution in [0, 0.1) is 11.3 Å². The fourth-order valence-electron chi connectivity index (χ4n) is 12.1. The molecule has 5 aromatic rings. The third-order valence-corrected chi connectivity index (χ3v) is 16.7. The first-order valence-electron chi connectivity index (χ1n) is 27.2. The Hall–Kier alpha value is -5.91. The van der Waals surface area contributed by atoms with Crippen molar-refractivity contribution in [2.45, 2.75) is 134 Å². The molecule has 16 heteroatoms. The normalized spacial score (nSPS) is 23.0. The number of aromatic nitrogens is 2. The zero-order valence-electron chi connectivity index (χ0n) is 45.8. The Morgan fingerprint density at radius 2 is 1.75 bits per heavy atom. The number of phenolic OH excluding ortho intramolecular Hbond substituents is 1. The predicted octanol–water partition coefficient (Wildman–Crippen LogP) is 7.60. The highest BCUT2D eigenvalue weighted by Gasteiger charge is 2.43. The Balaban J connectivity index is 1.13. The SMILES string of the molecule is CCn1c(-c2cc(C3CCN(C)CC3)cnc2[C@@](C)([Si])OC)c2c3cc(ccc31)-c1cc(O)cc(c1)C[C@H](NC(=O)[C@H](C(C)C)N(C)C(=O)[C@@H]1OCC[C@@H]1c1ccccc1)C(=O)N1CCC[C@H](N1)C(=O)OCC(C)(C)C2. The molecule has 15 nitrogen and oxygen atoms in total. The van der Waals surface area contributed by atoms with E-state index in [-0.39, 0.29) is 43.1 Å². The van der Waals surface area contributed by atoms with Crippen LogP contribution in [0.15, 0.2) is 79.0 Å². The Kier molecular flexibility index (Phi) is 16.3. The summed E-state index contributed by atoms with van der Waals surface area (Å²) in [5, 5.41) is 16.1. The number of hydrogen-bond acceptors (Lipinski definition) is 11. The summed E-state index contributed by atoms with van der Waals surface area (Å²) in [5.74, 6) is -1.93. The zero-order chi connectivity index (χ0) is 54.2. The van der Waals surface area contributed by atoms with Crippen LogP contribution >= 0.6 is 0 Å². The van der Waals surface area contributed by atoms with Crippen LogP contribution in [0.1, 0.15) is 113 Å². The van der Waals surface area contributed by atoms with Crippen LogP contribution in [0.5, 0.6) is 5.75 Å². The number of rotatable bonds is 11. The number of pyridine rings is 1. The van der Waals surface area contributed by atoms with E-state index in [0.29, 0.717) is 50.3 Å². The number of fused-ring (bicyclic) bond motifs is 6. The first kappa shape index (κ1) is 54.9. The summed E-state index contributed by atoms with van der Waals surface area (Å²) in [6, 6.07) is 20.8. The summed E-state index contributed by atoms with van der Waals surface area (Å²) in [4.78, 5) is 67.4. The Labute approximate surface area is 451 Å². The second kappa shape index (κ2) is 22.6. The van der Waals surface area contributed by atoms with Crippen LogP contribution in [-0.2, 0) is 58.0 Å². The van der Waals surface area contributed by atoms with Crippen LogP contribution in [0.4, 0.5) is 0 Å². The smallest absolute Gasteiger partial charge is 0.324 e. The monoisotopic (exact) mass is 1050 g/mol. The molecule has 0 saturated carbocycles. The van der Waals surface area contributed by atoms with Gasteiger partial charge in [0.2, 0.25) is 5.91 Å². The minimum absolute atomic E-state index is 0.000991. The van der Waals surface area contributed by atoms with Gasteiger partial charge in [0, 0.05) is 74.3 Å². The van der Waals surface area contributed by atoms with Crippen molar-refractivity contribution in [3.8, 4) is 28.1 Å². The molecule has 6 atom stereocenters. The lowest BCUT2D eigenvalue weighted by Gasteiger charge is -2.37. The van der Waals surface area contributed by atoms with Gasteiger partial charge in [0.05, 0.1) is 33.5 Å². The highest BCUT2D eigenvalue weighted by molar-refractivity contribution is 6.15. The van der Waals surface area contributed by atoms with Crippen molar-refractivity contribution in [2.75, 3.05) is 54.1 Å². The first-order chi connectivity index (χ1) is 36.3. The summed E-state index contributed by atoms with van der Waals surface area (Å²) in [5.41, 5.74) is 11.8. The average Bonchev–Trinajstić information content (AvgIpc) is 4.15. The minimum Gasteiger partial charge on any atom is -0.508 e. The van der Waals surface area contributed by atoms with E-state index in [1.54, 1.807) is 26.3 Å². The van der Waals surface area contributed by atoms with Crippen molar-refractivity contribution >= 4 is 44.8 Å². The van der Waals surface area contributed by atoms with Crippen molar-refractivity contribution in [3.63, 3.8) is 0 Å². The van der Waals surface area contributed by atoms with E-state index >= 15 is 0 Å². The molecule has 9 rings (SSSR count). The van der Waals surface area contributed by atoms with Crippen molar-refractivity contribution in [1.29, 1.82) is 0 Å². The van der Waals surface area contributed by atoms with Gasteiger partial charge in [0.25, 0.3) is 11.8 Å². The molecule has 6 bridgehead atoms. The van der Waals surface area contributed by atoms with Gasteiger partial charge in [-0.1, -0.05) is 70.2 Å². The maximum absolute atomic E-state index is 14.9. The van der Waals surface area contributed by atoms with E-state index in [2.05, 4.69) is 82.5 Å². The number of aryl methyl sites for hydroxylation is 1. The molecule has 3 aromatic carbocycles. The second-order valence-electron chi connectivity index (χ2n) is 22.9. The van der Waals surface area contributed by atoms with Gasteiger partial charge in [-0.15, -0.1) is 0 Å². The molecule has 4 aliphatic rings. The Morgan fingerprint density at radius 1 is 1.00 bits per heavy atom. The van der Waals surface area contributed by atoms with E-state index in [1.165, 1.54) is 15.5 Å². The molecule has 6 heterocycles. The van der Waals surface area contributed by atoms with Crippen LogP contribution < -0.4 is 10.7 Å². The lowest BCUT2D eigenvalue weighted by molar-refractivity contribution is -0.155. The van der Waals surface area contributed by atoms with Gasteiger partial charge in [-0.3, -0.25) is 29.2 Å². The number of nitrogens with zero attached hydrogens (tertiary/aromatic N) is 5. The van der Waals surface area contributed by atoms with Crippen LogP contribution in [0.3, 0.4) is 0 Å². The van der Waals surface area contributed by atoms with Crippen LogP contribution in [-0.4, -0.2) is 142 Å². The summed E-state index contributed by atoms with van der Waals surface area (Å²) in [6.07, 6.45) is 5.44. The molecule has 76 heavy (non-hydrogen) atoms. The van der Waals surface area contributed by atoms with Crippen molar-refractivity contribution < 1.29 is 38.5 Å². The number of amides is 3. The number of likely N-dealkylation sites (N-methyl/N-ethyl adjacent to an activating group) is 1. The van der Waals surface area contributed by atoms with Gasteiger partial charge >= 0.3 is 5.97 Å². The summed E-state index contributed by atoms with van der Waals surface area (Å²) in [7, 11) is 9.44. The molecule has 4 aliphatic heterocycles. The van der Waals surface area contributed by atoms with E-state index in [4.69, 9.17) is 19.2 Å². The highest BCUT2D eigenvalue weighted by atomic mass is 28.1. The van der Waals surface area contributed by atoms with Gasteiger partial charge in [0.1, 0.15) is 30.0 Å². The van der Waals surface area contributed by atoms with Gasteiger partial charge in [-0.2, -0.15) is 0 Å². The highest BCUT2D eigenvalue weighted by Crippen LogP contribution is 2.44. The molecule has 3 radical (unpaired) electrons. The average molecular weight is 1050 g/mol. The summed E-state index contributed by atoms with van der Waals surface area (Å²) >= 11 is 0. The Morgan fingerprint density at radius 3 is 2.46 bits per heavy atom. The van der Waals surface area contributed by atoms with E-state index < -0.39 is 52.7 Å². The molecule has 3 amide bonds. The summed E-state index contributed by atoms with van der Waals surface area (Å²) < 4.78 is 20.8. The topological polar surface area (TPSA) is 168 Å². The van der Waals surface area contributed by atoms with Crippen LogP contribution in [0.2, 0.25) is 0 Å². The van der Waals surface area contributed by atoms with E-state index in [0.717, 1.165) is 76.0 Å². The number of nitrogens with one attached hydrogen (secondary N) is 2. The number of ether oxygens (including phenoxy) is 3. The van der Waals surface area contributed by atoms with Gasteiger partial charge in [-0.05, 0) is 148 Å². The molecule has 3 fully saturated rings. The molecule has 2 aromatic heterocycles. The zero-order valence-corrected chi connectivity index (χ0v) is 46.8. The number of phenols is 1. The van der Waals surface area contributed by atoms with Crippen molar-refractivity contribution in [1.82, 2.24) is 35.1 Å². The van der Waals surface area contributed by atoms with E-state index in [1.807, 2.05) is 63.4 Å². The predicted molar refractivity (Wildman–Crippen MR) is 294 cm³/mol.